The van der Waals surface area contributed by atoms with E-state index in [9.17, 15) is 14.0 Å². The van der Waals surface area contributed by atoms with E-state index in [-0.39, 0.29) is 30.9 Å². The maximum Gasteiger partial charge on any atom is 0.305 e. The van der Waals surface area contributed by atoms with E-state index in [0.29, 0.717) is 16.7 Å². The Morgan fingerprint density at radius 2 is 2.05 bits per heavy atom. The Balaban J connectivity index is 2.01. The molecule has 1 aromatic heterocycles. The molecule has 0 aliphatic heterocycles. The van der Waals surface area contributed by atoms with Crippen LogP contribution in [0.3, 0.4) is 0 Å². The molecule has 100 valence electrons. The van der Waals surface area contributed by atoms with Gasteiger partial charge in [0.25, 0.3) is 0 Å². The van der Waals surface area contributed by atoms with Gasteiger partial charge in [-0.2, -0.15) is 0 Å². The molecule has 0 radical (unpaired) electrons. The third-order valence-corrected chi connectivity index (χ3v) is 2.74. The summed E-state index contributed by atoms with van der Waals surface area (Å²) in [7, 11) is 1.28. The Hall–Kier alpha value is -2.17. The number of furan rings is 1. The Kier molecular flexibility index (Phi) is 3.94. The van der Waals surface area contributed by atoms with Crippen molar-refractivity contribution in [3.63, 3.8) is 0 Å². The number of ketones is 1. The number of Topliss-reactive ketones (excluding diaryl/α,β-unsaturated/α-hetero) is 1. The fourth-order valence-electron chi connectivity index (χ4n) is 1.78. The molecule has 4 nitrogen and oxygen atoms in total. The molecular formula is C14H13FO4. The van der Waals surface area contributed by atoms with E-state index >= 15 is 0 Å². The van der Waals surface area contributed by atoms with Gasteiger partial charge in [0.2, 0.25) is 0 Å². The number of benzene rings is 1. The highest BCUT2D eigenvalue weighted by Crippen LogP contribution is 2.21. The van der Waals surface area contributed by atoms with Gasteiger partial charge in [0, 0.05) is 11.8 Å². The number of methoxy groups -OCH3 is 1. The first kappa shape index (κ1) is 13.3. The zero-order valence-corrected chi connectivity index (χ0v) is 10.4. The molecule has 0 aliphatic carbocycles. The van der Waals surface area contributed by atoms with Crippen LogP contribution in [0.25, 0.3) is 11.0 Å². The second-order valence-electron chi connectivity index (χ2n) is 4.19. The smallest absolute Gasteiger partial charge is 0.305 e. The largest absolute Gasteiger partial charge is 0.469 e. The van der Waals surface area contributed by atoms with E-state index in [0.717, 1.165) is 0 Å². The Bertz CT molecular complexity index is 615. The van der Waals surface area contributed by atoms with Crippen LogP contribution in [0.1, 0.15) is 18.6 Å². The fraction of sp³-hybridized carbons (Fsp3) is 0.286. The van der Waals surface area contributed by atoms with Crippen molar-refractivity contribution in [3.8, 4) is 0 Å². The third kappa shape index (κ3) is 3.40. The third-order valence-electron chi connectivity index (χ3n) is 2.74. The van der Waals surface area contributed by atoms with Crippen LogP contribution in [0, 0.1) is 5.82 Å². The van der Waals surface area contributed by atoms with E-state index in [4.69, 9.17) is 4.42 Å². The average Bonchev–Trinajstić information content (AvgIpc) is 2.77. The van der Waals surface area contributed by atoms with E-state index in [1.165, 1.54) is 25.3 Å². The van der Waals surface area contributed by atoms with Crippen molar-refractivity contribution in [2.24, 2.45) is 0 Å². The summed E-state index contributed by atoms with van der Waals surface area (Å²) in [4.78, 5) is 22.5. The summed E-state index contributed by atoms with van der Waals surface area (Å²) in [5.74, 6) is -0.419. The predicted molar refractivity (Wildman–Crippen MR) is 66.1 cm³/mol. The maximum absolute atomic E-state index is 13.0. The SMILES string of the molecule is COC(=O)CCC(=O)Cc1cc2cc(F)ccc2o1. The van der Waals surface area contributed by atoms with Gasteiger partial charge in [-0.05, 0) is 24.3 Å². The van der Waals surface area contributed by atoms with E-state index < -0.39 is 5.97 Å². The van der Waals surface area contributed by atoms with Gasteiger partial charge in [0.1, 0.15) is 22.9 Å². The molecule has 1 aromatic carbocycles. The highest BCUT2D eigenvalue weighted by molar-refractivity contribution is 5.85. The minimum absolute atomic E-state index is 0.0597. The van der Waals surface area contributed by atoms with E-state index in [1.807, 2.05) is 0 Å². The number of rotatable bonds is 5. The summed E-state index contributed by atoms with van der Waals surface area (Å²) >= 11 is 0. The van der Waals surface area contributed by atoms with Crippen molar-refractivity contribution in [3.05, 3.63) is 35.8 Å². The molecular weight excluding hydrogens is 251 g/mol. The van der Waals surface area contributed by atoms with Crippen LogP contribution < -0.4 is 0 Å². The minimum atomic E-state index is -0.417. The summed E-state index contributed by atoms with van der Waals surface area (Å²) in [6.45, 7) is 0. The number of esters is 1. The van der Waals surface area contributed by atoms with Gasteiger partial charge in [-0.25, -0.2) is 4.39 Å². The number of fused-ring (bicyclic) bond motifs is 1. The molecule has 2 rings (SSSR count). The minimum Gasteiger partial charge on any atom is -0.469 e. The monoisotopic (exact) mass is 264 g/mol. The quantitative estimate of drug-likeness (QED) is 0.779. The Morgan fingerprint density at radius 1 is 1.26 bits per heavy atom. The van der Waals surface area contributed by atoms with Crippen LogP contribution >= 0.6 is 0 Å². The van der Waals surface area contributed by atoms with Gasteiger partial charge < -0.3 is 9.15 Å². The second-order valence-corrected chi connectivity index (χ2v) is 4.19. The molecule has 0 atom stereocenters. The average molecular weight is 264 g/mol. The number of hydrogen-bond donors (Lipinski definition) is 0. The zero-order valence-electron chi connectivity index (χ0n) is 10.4. The van der Waals surface area contributed by atoms with Crippen LogP contribution in [0.2, 0.25) is 0 Å². The molecule has 2 aromatic rings. The number of ether oxygens (including phenoxy) is 1. The molecule has 0 fully saturated rings. The van der Waals surface area contributed by atoms with Gasteiger partial charge in [0.05, 0.1) is 20.0 Å². The van der Waals surface area contributed by atoms with Gasteiger partial charge in [-0.1, -0.05) is 0 Å². The van der Waals surface area contributed by atoms with Crippen LogP contribution in [-0.2, 0) is 20.7 Å². The standard InChI is InChI=1S/C14H13FO4/c1-18-14(17)5-3-11(16)8-12-7-9-6-10(15)2-4-13(9)19-12/h2,4,6-7H,3,5,8H2,1H3. The predicted octanol–water partition coefficient (Wildman–Crippen LogP) is 2.64. The van der Waals surface area contributed by atoms with Gasteiger partial charge in [0.15, 0.2) is 0 Å². The van der Waals surface area contributed by atoms with Crippen molar-refractivity contribution in [1.82, 2.24) is 0 Å². The molecule has 19 heavy (non-hydrogen) atoms. The lowest BCUT2D eigenvalue weighted by Gasteiger charge is -1.98. The van der Waals surface area contributed by atoms with Gasteiger partial charge in [-0.15, -0.1) is 0 Å². The van der Waals surface area contributed by atoms with Crippen molar-refractivity contribution in [2.45, 2.75) is 19.3 Å². The summed E-state index contributed by atoms with van der Waals surface area (Å²) in [6.07, 6.45) is 0.259. The van der Waals surface area contributed by atoms with Crippen LogP contribution in [0.5, 0.6) is 0 Å². The molecule has 0 bridgehead atoms. The van der Waals surface area contributed by atoms with Crippen LogP contribution in [0.4, 0.5) is 4.39 Å². The van der Waals surface area contributed by atoms with Crippen molar-refractivity contribution < 1.29 is 23.1 Å². The first-order valence-corrected chi connectivity index (χ1v) is 5.85. The number of hydrogen-bond acceptors (Lipinski definition) is 4. The Labute approximate surface area is 109 Å². The number of carbonyl (C=O) groups is 2. The lowest BCUT2D eigenvalue weighted by atomic mass is 10.1. The topological polar surface area (TPSA) is 56.5 Å². The van der Waals surface area contributed by atoms with E-state index in [1.54, 1.807) is 6.07 Å². The molecule has 0 saturated heterocycles. The van der Waals surface area contributed by atoms with Crippen LogP contribution in [-0.4, -0.2) is 18.9 Å². The highest BCUT2D eigenvalue weighted by Gasteiger charge is 2.11. The molecule has 0 unspecified atom stereocenters. The first-order valence-electron chi connectivity index (χ1n) is 5.85. The van der Waals surface area contributed by atoms with E-state index in [2.05, 4.69) is 4.74 Å². The summed E-state index contributed by atoms with van der Waals surface area (Å²) in [5.41, 5.74) is 0.539. The zero-order chi connectivity index (χ0) is 13.8. The Morgan fingerprint density at radius 3 is 2.79 bits per heavy atom. The number of halogens is 1. The summed E-state index contributed by atoms with van der Waals surface area (Å²) in [5, 5.41) is 0.621. The fourth-order valence-corrected chi connectivity index (χ4v) is 1.78. The molecule has 1 heterocycles. The van der Waals surface area contributed by atoms with Crippen LogP contribution in [0.15, 0.2) is 28.7 Å². The molecule has 5 heteroatoms. The van der Waals surface area contributed by atoms with Crippen molar-refractivity contribution in [1.29, 1.82) is 0 Å². The normalized spacial score (nSPS) is 10.6. The molecule has 0 amide bonds. The number of carbonyl (C=O) groups excluding carboxylic acids is 2. The first-order chi connectivity index (χ1) is 9.08. The molecule has 0 N–H and O–H groups in total. The second kappa shape index (κ2) is 5.65. The van der Waals surface area contributed by atoms with Crippen molar-refractivity contribution in [2.75, 3.05) is 7.11 Å². The van der Waals surface area contributed by atoms with Gasteiger partial charge in [-0.3, -0.25) is 9.59 Å². The lowest BCUT2D eigenvalue weighted by molar-refractivity contribution is -0.141. The van der Waals surface area contributed by atoms with Gasteiger partial charge >= 0.3 is 5.97 Å². The lowest BCUT2D eigenvalue weighted by Crippen LogP contribution is -2.07. The molecule has 0 aliphatic rings. The summed E-state index contributed by atoms with van der Waals surface area (Å²) in [6, 6.07) is 5.80. The molecule has 0 saturated carbocycles. The highest BCUT2D eigenvalue weighted by atomic mass is 19.1. The molecule has 0 spiro atoms. The van der Waals surface area contributed by atoms with Crippen molar-refractivity contribution >= 4 is 22.7 Å². The summed E-state index contributed by atoms with van der Waals surface area (Å²) < 4.78 is 22.9. The maximum atomic E-state index is 13.0.